The minimum absolute atomic E-state index is 0.335. The predicted molar refractivity (Wildman–Crippen MR) is 50.4 cm³/mol. The maximum Gasteiger partial charge on any atom is 0.252 e. The van der Waals surface area contributed by atoms with Gasteiger partial charge >= 0.3 is 0 Å². The van der Waals surface area contributed by atoms with E-state index < -0.39 is 11.9 Å². The van der Waals surface area contributed by atoms with Crippen molar-refractivity contribution in [1.82, 2.24) is 10.3 Å². The van der Waals surface area contributed by atoms with Crippen LogP contribution in [0.2, 0.25) is 0 Å². The van der Waals surface area contributed by atoms with Gasteiger partial charge in [0.15, 0.2) is 0 Å². The van der Waals surface area contributed by atoms with Gasteiger partial charge in [-0.05, 0) is 19.1 Å². The zero-order valence-electron chi connectivity index (χ0n) is 7.73. The van der Waals surface area contributed by atoms with Crippen LogP contribution in [0.4, 0.5) is 0 Å². The number of carbonyl (C=O) groups is 2. The number of rotatable bonds is 3. The van der Waals surface area contributed by atoms with Gasteiger partial charge in [-0.15, -0.1) is 0 Å². The van der Waals surface area contributed by atoms with Crippen molar-refractivity contribution in [2.24, 2.45) is 5.73 Å². The van der Waals surface area contributed by atoms with Crippen LogP contribution < -0.4 is 11.1 Å². The summed E-state index contributed by atoms with van der Waals surface area (Å²) >= 11 is 0. The van der Waals surface area contributed by atoms with Crippen LogP contribution >= 0.6 is 0 Å². The van der Waals surface area contributed by atoms with E-state index in [9.17, 15) is 9.59 Å². The van der Waals surface area contributed by atoms with Crippen molar-refractivity contribution < 1.29 is 9.59 Å². The van der Waals surface area contributed by atoms with Crippen molar-refractivity contribution in [3.63, 3.8) is 0 Å². The Bertz CT molecular complexity index is 337. The average molecular weight is 193 g/mol. The fraction of sp³-hybridized carbons (Fsp3) is 0.222. The number of hydrogen-bond donors (Lipinski definition) is 2. The molecule has 1 rings (SSSR count). The van der Waals surface area contributed by atoms with Crippen LogP contribution in [0.25, 0.3) is 0 Å². The molecular formula is C9H11N3O2. The van der Waals surface area contributed by atoms with Crippen LogP contribution in [-0.4, -0.2) is 22.8 Å². The molecule has 1 atom stereocenters. The lowest BCUT2D eigenvalue weighted by Gasteiger charge is -2.09. The first-order valence-corrected chi connectivity index (χ1v) is 4.11. The summed E-state index contributed by atoms with van der Waals surface area (Å²) in [6.07, 6.45) is 3.01. The molecule has 14 heavy (non-hydrogen) atoms. The van der Waals surface area contributed by atoms with Gasteiger partial charge in [-0.25, -0.2) is 0 Å². The number of nitrogens with zero attached hydrogens (tertiary/aromatic N) is 1. The van der Waals surface area contributed by atoms with Gasteiger partial charge in [0.2, 0.25) is 5.91 Å². The van der Waals surface area contributed by atoms with E-state index >= 15 is 0 Å². The Morgan fingerprint density at radius 2 is 2.00 bits per heavy atom. The fourth-order valence-electron chi connectivity index (χ4n) is 0.854. The molecule has 0 aliphatic heterocycles. The lowest BCUT2D eigenvalue weighted by atomic mass is 10.2. The highest BCUT2D eigenvalue weighted by Gasteiger charge is 2.12. The van der Waals surface area contributed by atoms with Gasteiger partial charge in [-0.3, -0.25) is 14.6 Å². The van der Waals surface area contributed by atoms with E-state index in [0.29, 0.717) is 5.56 Å². The Morgan fingerprint density at radius 1 is 1.43 bits per heavy atom. The summed E-state index contributed by atoms with van der Waals surface area (Å²) in [7, 11) is 0. The normalized spacial score (nSPS) is 11.8. The Hall–Kier alpha value is -1.91. The SMILES string of the molecule is C[C@@H](NC(=O)c1ccncc1)C(N)=O. The highest BCUT2D eigenvalue weighted by atomic mass is 16.2. The van der Waals surface area contributed by atoms with Crippen molar-refractivity contribution in [2.45, 2.75) is 13.0 Å². The molecule has 0 aliphatic rings. The van der Waals surface area contributed by atoms with Gasteiger partial charge in [-0.2, -0.15) is 0 Å². The molecule has 3 N–H and O–H groups in total. The number of hydrogen-bond acceptors (Lipinski definition) is 3. The summed E-state index contributed by atoms with van der Waals surface area (Å²) in [5.74, 6) is -0.897. The number of amides is 2. The minimum Gasteiger partial charge on any atom is -0.368 e. The van der Waals surface area contributed by atoms with Crippen LogP contribution in [0, 0.1) is 0 Å². The molecule has 2 amide bonds. The molecule has 5 nitrogen and oxygen atoms in total. The second kappa shape index (κ2) is 4.36. The third-order valence-electron chi connectivity index (χ3n) is 1.72. The summed E-state index contributed by atoms with van der Waals surface area (Å²) in [6, 6.07) is 2.45. The molecule has 0 aromatic carbocycles. The topological polar surface area (TPSA) is 85.1 Å². The fourth-order valence-corrected chi connectivity index (χ4v) is 0.854. The predicted octanol–water partition coefficient (Wildman–Crippen LogP) is -0.315. The minimum atomic E-state index is -0.671. The van der Waals surface area contributed by atoms with Crippen LogP contribution in [0.1, 0.15) is 17.3 Å². The summed E-state index contributed by atoms with van der Waals surface area (Å²) in [6.45, 7) is 1.53. The van der Waals surface area contributed by atoms with E-state index in [1.807, 2.05) is 0 Å². The Morgan fingerprint density at radius 3 is 2.50 bits per heavy atom. The largest absolute Gasteiger partial charge is 0.368 e. The third kappa shape index (κ3) is 2.55. The average Bonchev–Trinajstić information content (AvgIpc) is 2.19. The summed E-state index contributed by atoms with van der Waals surface area (Å²) in [4.78, 5) is 25.8. The molecule has 1 heterocycles. The molecule has 0 radical (unpaired) electrons. The highest BCUT2D eigenvalue weighted by Crippen LogP contribution is 1.96. The summed E-state index contributed by atoms with van der Waals surface area (Å²) in [5, 5.41) is 2.45. The van der Waals surface area contributed by atoms with Gasteiger partial charge in [0.05, 0.1) is 0 Å². The van der Waals surface area contributed by atoms with Gasteiger partial charge in [-0.1, -0.05) is 0 Å². The molecule has 5 heteroatoms. The lowest BCUT2D eigenvalue weighted by molar-refractivity contribution is -0.119. The molecular weight excluding hydrogens is 182 g/mol. The number of nitrogens with one attached hydrogen (secondary N) is 1. The van der Waals surface area contributed by atoms with Crippen molar-refractivity contribution in [3.8, 4) is 0 Å². The highest BCUT2D eigenvalue weighted by molar-refractivity contribution is 5.96. The van der Waals surface area contributed by atoms with Crippen LogP contribution in [0.15, 0.2) is 24.5 Å². The zero-order valence-corrected chi connectivity index (χ0v) is 7.73. The van der Waals surface area contributed by atoms with E-state index in [-0.39, 0.29) is 5.91 Å². The molecule has 0 saturated carbocycles. The first-order chi connectivity index (χ1) is 6.61. The number of pyridine rings is 1. The first-order valence-electron chi connectivity index (χ1n) is 4.11. The summed E-state index contributed by atoms with van der Waals surface area (Å²) in [5.41, 5.74) is 5.45. The van der Waals surface area contributed by atoms with Crippen molar-refractivity contribution in [1.29, 1.82) is 0 Å². The van der Waals surface area contributed by atoms with Crippen LogP contribution in [0.5, 0.6) is 0 Å². The molecule has 0 spiro atoms. The number of primary amides is 1. The van der Waals surface area contributed by atoms with E-state index in [0.717, 1.165) is 0 Å². The Labute approximate surface area is 81.3 Å². The zero-order chi connectivity index (χ0) is 10.6. The molecule has 0 aliphatic carbocycles. The monoisotopic (exact) mass is 193 g/mol. The molecule has 1 aromatic heterocycles. The molecule has 0 saturated heterocycles. The van der Waals surface area contributed by atoms with Crippen molar-refractivity contribution >= 4 is 11.8 Å². The third-order valence-corrected chi connectivity index (χ3v) is 1.72. The van der Waals surface area contributed by atoms with Gasteiger partial charge in [0, 0.05) is 18.0 Å². The van der Waals surface area contributed by atoms with E-state index in [1.54, 1.807) is 12.1 Å². The number of aromatic nitrogens is 1. The lowest BCUT2D eigenvalue weighted by Crippen LogP contribution is -2.42. The maximum atomic E-state index is 11.4. The standard InChI is InChI=1S/C9H11N3O2/c1-6(8(10)13)12-9(14)7-2-4-11-5-3-7/h2-6H,1H3,(H2,10,13)(H,12,14)/t6-/m1/s1. The maximum absolute atomic E-state index is 11.4. The van der Waals surface area contributed by atoms with Gasteiger partial charge in [0.25, 0.3) is 5.91 Å². The van der Waals surface area contributed by atoms with Gasteiger partial charge < -0.3 is 11.1 Å². The molecule has 0 fully saturated rings. The van der Waals surface area contributed by atoms with Crippen LogP contribution in [-0.2, 0) is 4.79 Å². The van der Waals surface area contributed by atoms with Crippen molar-refractivity contribution in [3.05, 3.63) is 30.1 Å². The number of carbonyl (C=O) groups excluding carboxylic acids is 2. The Balaban J connectivity index is 2.64. The second-order valence-corrected chi connectivity index (χ2v) is 2.83. The molecule has 0 unspecified atom stereocenters. The summed E-state index contributed by atoms with van der Waals surface area (Å²) < 4.78 is 0. The van der Waals surface area contributed by atoms with Crippen molar-refractivity contribution in [2.75, 3.05) is 0 Å². The van der Waals surface area contributed by atoms with Crippen LogP contribution in [0.3, 0.4) is 0 Å². The molecule has 74 valence electrons. The number of nitrogens with two attached hydrogens (primary N) is 1. The van der Waals surface area contributed by atoms with E-state index in [4.69, 9.17) is 5.73 Å². The molecule has 1 aromatic rings. The smallest absolute Gasteiger partial charge is 0.252 e. The van der Waals surface area contributed by atoms with E-state index in [1.165, 1.54) is 19.3 Å². The molecule has 0 bridgehead atoms. The van der Waals surface area contributed by atoms with Gasteiger partial charge in [0.1, 0.15) is 6.04 Å². The van der Waals surface area contributed by atoms with E-state index in [2.05, 4.69) is 10.3 Å². The Kier molecular flexibility index (Phi) is 3.17. The second-order valence-electron chi connectivity index (χ2n) is 2.83. The first kappa shape index (κ1) is 10.2. The quantitative estimate of drug-likeness (QED) is 0.690.